The summed E-state index contributed by atoms with van der Waals surface area (Å²) in [5.41, 5.74) is 1.06. The number of aryl methyl sites for hydroxylation is 1. The van der Waals surface area contributed by atoms with E-state index in [1.165, 1.54) is 7.14 Å². The van der Waals surface area contributed by atoms with E-state index in [4.69, 9.17) is 0 Å². The van der Waals surface area contributed by atoms with Crippen LogP contribution in [0.15, 0.2) is 48.5 Å². The van der Waals surface area contributed by atoms with Gasteiger partial charge < -0.3 is 0 Å². The van der Waals surface area contributed by atoms with E-state index < -0.39 is 0 Å². The van der Waals surface area contributed by atoms with Crippen LogP contribution < -0.4 is 21.2 Å². The van der Waals surface area contributed by atoms with Gasteiger partial charge in [0.25, 0.3) is 0 Å². The van der Waals surface area contributed by atoms with Gasteiger partial charge in [-0.3, -0.25) is 0 Å². The summed E-state index contributed by atoms with van der Waals surface area (Å²) < 4.78 is 15.6. The van der Waals surface area contributed by atoms with Crippen LogP contribution >= 0.6 is 0 Å². The molecule has 0 unspecified atom stereocenters. The van der Waals surface area contributed by atoms with Crippen molar-refractivity contribution in [3.63, 3.8) is 0 Å². The third-order valence-corrected chi connectivity index (χ3v) is 5.20. The summed E-state index contributed by atoms with van der Waals surface area (Å²) in [6, 6.07) is 15.5. The molecular formula is C13H11FI+. The molecule has 0 aromatic heterocycles. The molecule has 0 saturated heterocycles. The molecule has 0 fully saturated rings. The second-order valence-corrected chi connectivity index (χ2v) is 6.23. The minimum Gasteiger partial charge on any atom is -0.207 e. The predicted octanol–water partition coefficient (Wildman–Crippen LogP) is 0.263. The predicted molar refractivity (Wildman–Crippen MR) is 55.0 cm³/mol. The topological polar surface area (TPSA) is 0 Å². The van der Waals surface area contributed by atoms with Crippen molar-refractivity contribution in [3.8, 4) is 0 Å². The Bertz CT molecular complexity index is 451. The SMILES string of the molecule is Cc1cc(F)ccc1[I+]c1ccccc1. The molecule has 0 aliphatic heterocycles. The van der Waals surface area contributed by atoms with Crippen molar-refractivity contribution in [1.29, 1.82) is 0 Å². The Morgan fingerprint density at radius 1 is 1.00 bits per heavy atom. The highest BCUT2D eigenvalue weighted by Gasteiger charge is 2.17. The number of halogens is 2. The molecule has 0 amide bonds. The van der Waals surface area contributed by atoms with Crippen molar-refractivity contribution in [2.45, 2.75) is 6.92 Å². The summed E-state index contributed by atoms with van der Waals surface area (Å²) in [5, 5.41) is 0. The molecule has 0 heterocycles. The maximum Gasteiger partial charge on any atom is 0.358 e. The number of hydrogen-bond donors (Lipinski definition) is 0. The molecule has 0 radical (unpaired) electrons. The van der Waals surface area contributed by atoms with Gasteiger partial charge in [-0.1, -0.05) is 18.2 Å². The summed E-state index contributed by atoms with van der Waals surface area (Å²) >= 11 is -0.172. The van der Waals surface area contributed by atoms with Gasteiger partial charge in [-0.25, -0.2) is 4.39 Å². The van der Waals surface area contributed by atoms with Crippen LogP contribution in [0, 0.1) is 19.9 Å². The number of hydrogen-bond acceptors (Lipinski definition) is 0. The van der Waals surface area contributed by atoms with Crippen LogP contribution in [0.1, 0.15) is 5.56 Å². The van der Waals surface area contributed by atoms with E-state index in [0.717, 1.165) is 5.56 Å². The van der Waals surface area contributed by atoms with Gasteiger partial charge in [-0.15, -0.1) is 0 Å². The molecule has 0 bridgehead atoms. The summed E-state index contributed by atoms with van der Waals surface area (Å²) in [5.74, 6) is -0.145. The van der Waals surface area contributed by atoms with Gasteiger partial charge in [0.2, 0.25) is 0 Å². The van der Waals surface area contributed by atoms with Crippen molar-refractivity contribution in [1.82, 2.24) is 0 Å². The van der Waals surface area contributed by atoms with E-state index in [2.05, 4.69) is 12.1 Å². The second-order valence-electron chi connectivity index (χ2n) is 3.28. The van der Waals surface area contributed by atoms with Crippen molar-refractivity contribution in [2.24, 2.45) is 0 Å². The second kappa shape index (κ2) is 4.75. The summed E-state index contributed by atoms with van der Waals surface area (Å²) in [4.78, 5) is 0. The van der Waals surface area contributed by atoms with Crippen molar-refractivity contribution < 1.29 is 25.6 Å². The van der Waals surface area contributed by atoms with E-state index >= 15 is 0 Å². The molecule has 15 heavy (non-hydrogen) atoms. The molecule has 2 aromatic rings. The molecule has 0 N–H and O–H groups in total. The molecule has 0 aliphatic carbocycles. The first-order chi connectivity index (χ1) is 7.25. The Kier molecular flexibility index (Phi) is 3.36. The lowest BCUT2D eigenvalue weighted by atomic mass is 10.2. The average Bonchev–Trinajstić information content (AvgIpc) is 2.24. The van der Waals surface area contributed by atoms with Crippen LogP contribution in [-0.4, -0.2) is 0 Å². The van der Waals surface area contributed by atoms with E-state index in [-0.39, 0.29) is 27.0 Å². The van der Waals surface area contributed by atoms with Crippen molar-refractivity contribution in [2.75, 3.05) is 0 Å². The smallest absolute Gasteiger partial charge is 0.207 e. The first-order valence-corrected chi connectivity index (χ1v) is 6.87. The van der Waals surface area contributed by atoms with E-state index in [1.54, 1.807) is 12.1 Å². The van der Waals surface area contributed by atoms with Crippen LogP contribution in [0.3, 0.4) is 0 Å². The fourth-order valence-electron chi connectivity index (χ4n) is 1.31. The van der Waals surface area contributed by atoms with Crippen LogP contribution in [0.5, 0.6) is 0 Å². The van der Waals surface area contributed by atoms with Crippen molar-refractivity contribution in [3.05, 3.63) is 67.1 Å². The van der Waals surface area contributed by atoms with Crippen LogP contribution in [0.2, 0.25) is 0 Å². The lowest BCUT2D eigenvalue weighted by Crippen LogP contribution is -3.61. The fraction of sp³-hybridized carbons (Fsp3) is 0.0769. The summed E-state index contributed by atoms with van der Waals surface area (Å²) in [6.45, 7) is 1.97. The highest BCUT2D eigenvalue weighted by atomic mass is 127. The van der Waals surface area contributed by atoms with E-state index in [0.29, 0.717) is 0 Å². The highest BCUT2D eigenvalue weighted by Crippen LogP contribution is 2.00. The Balaban J connectivity index is 2.25. The van der Waals surface area contributed by atoms with Gasteiger partial charge in [0.1, 0.15) is 5.82 Å². The third kappa shape index (κ3) is 2.78. The molecule has 0 spiro atoms. The third-order valence-electron chi connectivity index (χ3n) is 2.06. The van der Waals surface area contributed by atoms with Gasteiger partial charge in [-0.05, 0) is 37.3 Å². The van der Waals surface area contributed by atoms with Crippen molar-refractivity contribution >= 4 is 0 Å². The van der Waals surface area contributed by atoms with Gasteiger partial charge in [0, 0.05) is 5.56 Å². The minimum atomic E-state index is -0.172. The quantitative estimate of drug-likeness (QED) is 0.698. The molecular weight excluding hydrogens is 302 g/mol. The molecule has 0 atom stereocenters. The van der Waals surface area contributed by atoms with Crippen LogP contribution in [-0.2, 0) is 0 Å². The maximum absolute atomic E-state index is 12.9. The lowest BCUT2D eigenvalue weighted by molar-refractivity contribution is -0.598. The molecule has 2 rings (SSSR count). The van der Waals surface area contributed by atoms with E-state index in [1.807, 2.05) is 31.2 Å². The van der Waals surface area contributed by atoms with E-state index in [9.17, 15) is 4.39 Å². The normalized spacial score (nSPS) is 10.3. The number of benzene rings is 2. The Morgan fingerprint density at radius 2 is 1.73 bits per heavy atom. The zero-order valence-corrected chi connectivity index (χ0v) is 10.5. The fourth-order valence-corrected chi connectivity index (χ4v) is 3.70. The van der Waals surface area contributed by atoms with Gasteiger partial charge in [0.15, 0.2) is 7.14 Å². The largest absolute Gasteiger partial charge is 0.358 e. The maximum atomic E-state index is 12.9. The summed E-state index contributed by atoms with van der Waals surface area (Å²) in [6.07, 6.45) is 0. The van der Waals surface area contributed by atoms with Gasteiger partial charge >= 0.3 is 21.2 Å². The zero-order chi connectivity index (χ0) is 10.7. The highest BCUT2D eigenvalue weighted by molar-refractivity contribution is 5.14. The molecule has 0 saturated carbocycles. The molecule has 2 heteroatoms. The zero-order valence-electron chi connectivity index (χ0n) is 8.37. The molecule has 76 valence electrons. The average molecular weight is 313 g/mol. The summed E-state index contributed by atoms with van der Waals surface area (Å²) in [7, 11) is 0. The minimum absolute atomic E-state index is 0.145. The first kappa shape index (κ1) is 10.6. The van der Waals surface area contributed by atoms with Gasteiger partial charge in [0.05, 0.1) is 0 Å². The van der Waals surface area contributed by atoms with Crippen LogP contribution in [0.4, 0.5) is 4.39 Å². The Morgan fingerprint density at radius 3 is 2.40 bits per heavy atom. The Hall–Kier alpha value is -0.900. The molecule has 0 aliphatic rings. The monoisotopic (exact) mass is 313 g/mol. The first-order valence-electron chi connectivity index (χ1n) is 4.72. The van der Waals surface area contributed by atoms with Crippen LogP contribution in [0.25, 0.3) is 0 Å². The van der Waals surface area contributed by atoms with Gasteiger partial charge in [-0.2, -0.15) is 0 Å². The number of rotatable bonds is 2. The molecule has 0 nitrogen and oxygen atoms in total. The lowest BCUT2D eigenvalue weighted by Gasteiger charge is -1.93. The Labute approximate surface area is 99.4 Å². The molecule has 2 aromatic carbocycles. The standard InChI is InChI=1S/C13H11FI/c1-10-9-11(14)7-8-13(10)15-12-5-3-2-4-6-12/h2-9H,1H3/q+1.